The maximum Gasteiger partial charge on any atom is 0.142 e. The summed E-state index contributed by atoms with van der Waals surface area (Å²) in [6, 6.07) is 90.2. The second-order valence-electron chi connectivity index (χ2n) is 17.8. The van der Waals surface area contributed by atoms with Crippen LogP contribution in [0.15, 0.2) is 249 Å². The zero-order chi connectivity index (χ0) is 45.0. The first kappa shape index (κ1) is 40.0. The van der Waals surface area contributed by atoms with E-state index in [0.717, 1.165) is 33.3 Å². The van der Waals surface area contributed by atoms with Gasteiger partial charge in [0.15, 0.2) is 0 Å². The Morgan fingerprint density at radius 1 is 0.294 bits per heavy atom. The van der Waals surface area contributed by atoms with Crippen molar-refractivity contribution < 1.29 is 0 Å². The number of nitrogens with zero attached hydrogens (tertiary/aromatic N) is 2. The molecule has 5 heteroatoms. The molecule has 12 aromatic rings. The van der Waals surface area contributed by atoms with Crippen molar-refractivity contribution in [2.45, 2.75) is 18.6 Å². The van der Waals surface area contributed by atoms with Gasteiger partial charge in [0.2, 0.25) is 0 Å². The van der Waals surface area contributed by atoms with Crippen molar-refractivity contribution in [3.05, 3.63) is 260 Å². The Labute approximate surface area is 395 Å². The molecule has 1 fully saturated rings. The van der Waals surface area contributed by atoms with Crippen molar-refractivity contribution >= 4 is 43.6 Å². The lowest BCUT2D eigenvalue weighted by molar-refractivity contribution is 0.161. The predicted octanol–water partition coefficient (Wildman–Crippen LogP) is 15.2. The Morgan fingerprint density at radius 2 is 0.765 bits per heavy atom. The first-order valence-corrected chi connectivity index (χ1v) is 23.5. The van der Waals surface area contributed by atoms with Crippen LogP contribution >= 0.6 is 0 Å². The van der Waals surface area contributed by atoms with Crippen LogP contribution in [0.25, 0.3) is 93.8 Å². The van der Waals surface area contributed by atoms with Gasteiger partial charge in [0.05, 0.1) is 40.1 Å². The lowest BCUT2D eigenvalue weighted by Gasteiger charge is -2.40. The fourth-order valence-corrected chi connectivity index (χ4v) is 10.7. The third kappa shape index (κ3) is 6.92. The third-order valence-electron chi connectivity index (χ3n) is 13.8. The van der Waals surface area contributed by atoms with Crippen LogP contribution in [-0.4, -0.2) is 9.13 Å². The highest BCUT2D eigenvalue weighted by Gasteiger charge is 2.33. The summed E-state index contributed by atoms with van der Waals surface area (Å²) in [5.74, 6) is 0. The molecule has 1 aliphatic heterocycles. The first-order valence-electron chi connectivity index (χ1n) is 23.5. The van der Waals surface area contributed by atoms with Crippen molar-refractivity contribution in [2.75, 3.05) is 0 Å². The Bertz CT molecular complexity index is 3780. The largest absolute Gasteiger partial charge is 0.309 e. The maximum absolute atomic E-state index is 4.13. The lowest BCUT2D eigenvalue weighted by Crippen LogP contribution is -2.56. The minimum absolute atomic E-state index is 0.175. The summed E-state index contributed by atoms with van der Waals surface area (Å²) in [7, 11) is 0. The van der Waals surface area contributed by atoms with Crippen LogP contribution in [0.2, 0.25) is 0 Å². The molecule has 0 radical (unpaired) electrons. The Hall–Kier alpha value is -8.32. The fraction of sp³-hybridized carbons (Fsp3) is 0.0476. The van der Waals surface area contributed by atoms with E-state index in [9.17, 15) is 0 Å². The van der Waals surface area contributed by atoms with E-state index in [1.807, 2.05) is 0 Å². The van der Waals surface area contributed by atoms with Crippen LogP contribution < -0.4 is 16.0 Å². The molecule has 3 unspecified atom stereocenters. The first-order chi connectivity index (χ1) is 33.7. The minimum atomic E-state index is -0.333. The molecule has 3 heterocycles. The van der Waals surface area contributed by atoms with Gasteiger partial charge >= 0.3 is 0 Å². The number of nitrogens with one attached hydrogen (secondary N) is 3. The highest BCUT2D eigenvalue weighted by Crippen LogP contribution is 2.44. The number of para-hydroxylation sites is 2. The summed E-state index contributed by atoms with van der Waals surface area (Å²) >= 11 is 0. The number of aromatic nitrogens is 2. The van der Waals surface area contributed by atoms with E-state index >= 15 is 0 Å². The van der Waals surface area contributed by atoms with Crippen molar-refractivity contribution in [3.8, 4) is 50.2 Å². The van der Waals surface area contributed by atoms with Gasteiger partial charge in [-0.2, -0.15) is 0 Å². The van der Waals surface area contributed by atoms with Crippen LogP contribution in [0.5, 0.6) is 0 Å². The number of hydrogen-bond donors (Lipinski definition) is 3. The average Bonchev–Trinajstić information content (AvgIpc) is 3.95. The molecule has 1 saturated heterocycles. The van der Waals surface area contributed by atoms with Gasteiger partial charge < -0.3 is 9.13 Å². The topological polar surface area (TPSA) is 46.0 Å². The van der Waals surface area contributed by atoms with Gasteiger partial charge in [-0.15, -0.1) is 0 Å². The second kappa shape index (κ2) is 16.8. The van der Waals surface area contributed by atoms with Gasteiger partial charge in [0.1, 0.15) is 6.29 Å². The monoisotopic (exact) mass is 873 g/mol. The van der Waals surface area contributed by atoms with E-state index in [2.05, 4.69) is 274 Å². The smallest absolute Gasteiger partial charge is 0.142 e. The van der Waals surface area contributed by atoms with E-state index < -0.39 is 0 Å². The summed E-state index contributed by atoms with van der Waals surface area (Å²) in [6.45, 7) is 0. The van der Waals surface area contributed by atoms with Crippen molar-refractivity contribution in [3.63, 3.8) is 0 Å². The molecule has 0 saturated carbocycles. The van der Waals surface area contributed by atoms with Crippen LogP contribution in [0.1, 0.15) is 29.7 Å². The molecular weight excluding hydrogens is 827 g/mol. The predicted molar refractivity (Wildman–Crippen MR) is 282 cm³/mol. The van der Waals surface area contributed by atoms with E-state index in [1.165, 1.54) is 71.6 Å². The molecule has 324 valence electrons. The van der Waals surface area contributed by atoms with E-state index in [-0.39, 0.29) is 18.6 Å². The lowest BCUT2D eigenvalue weighted by atomic mass is 9.97. The van der Waals surface area contributed by atoms with Gasteiger partial charge in [-0.05, 0) is 80.4 Å². The summed E-state index contributed by atoms with van der Waals surface area (Å²) in [4.78, 5) is 0. The molecule has 0 spiro atoms. The number of benzene rings is 10. The molecule has 3 atom stereocenters. The quantitative estimate of drug-likeness (QED) is 0.143. The molecule has 2 aromatic heterocycles. The molecule has 0 bridgehead atoms. The summed E-state index contributed by atoms with van der Waals surface area (Å²) in [5, 5.41) is 17.0. The fourth-order valence-electron chi connectivity index (χ4n) is 10.7. The van der Waals surface area contributed by atoms with Gasteiger partial charge in [0, 0.05) is 27.1 Å². The van der Waals surface area contributed by atoms with E-state index in [0.29, 0.717) is 0 Å². The Balaban J connectivity index is 1.04. The standard InChI is InChI=1S/C63H47N5/c1-5-19-42(20-6-1)46-27-17-28-47(39-46)48-29-18-30-50(40-48)62-64-61(45-25-11-4-12-26-45)65-63(66-62)68-57-34-16-14-32-53(57)55-38-37-54-52-31-13-15-33-56(52)67(59(54)60(55)68)58-41-49(43-21-7-2-8-22-43)35-36-51(58)44-23-9-3-10-24-44/h1-41,61-66H. The summed E-state index contributed by atoms with van der Waals surface area (Å²) in [5.41, 5.74) is 17.6. The summed E-state index contributed by atoms with van der Waals surface area (Å²) < 4.78 is 5.07. The third-order valence-corrected chi connectivity index (χ3v) is 13.8. The van der Waals surface area contributed by atoms with Gasteiger partial charge in [0.25, 0.3) is 0 Å². The highest BCUT2D eigenvalue weighted by atomic mass is 15.4. The number of hydrogen-bond acceptors (Lipinski definition) is 3. The van der Waals surface area contributed by atoms with E-state index in [4.69, 9.17) is 0 Å². The highest BCUT2D eigenvalue weighted by molar-refractivity contribution is 6.23. The Morgan fingerprint density at radius 3 is 1.44 bits per heavy atom. The molecule has 10 aromatic carbocycles. The SMILES string of the molecule is c1ccc(-c2cccc(-c3cccc(C4NC(c5ccccc5)NC(n5c6ccccc6c6ccc7c8ccccc8n(-c8cc(-c9ccccc9)ccc8-c8ccccc8)c7c65)N4)c3)c2)cc1. The maximum atomic E-state index is 4.13. The summed E-state index contributed by atoms with van der Waals surface area (Å²) in [6.07, 6.45) is -0.719. The molecule has 0 aliphatic carbocycles. The molecule has 0 amide bonds. The molecule has 13 rings (SSSR count). The zero-order valence-electron chi connectivity index (χ0n) is 37.3. The normalized spacial score (nSPS) is 16.2. The van der Waals surface area contributed by atoms with Crippen LogP contribution in [0.3, 0.4) is 0 Å². The van der Waals surface area contributed by atoms with Crippen molar-refractivity contribution in [1.82, 2.24) is 25.1 Å². The number of rotatable bonds is 8. The zero-order valence-corrected chi connectivity index (χ0v) is 37.3. The molecule has 3 N–H and O–H groups in total. The van der Waals surface area contributed by atoms with Crippen LogP contribution in [0.4, 0.5) is 0 Å². The van der Waals surface area contributed by atoms with E-state index in [1.54, 1.807) is 0 Å². The molecule has 68 heavy (non-hydrogen) atoms. The van der Waals surface area contributed by atoms with Crippen LogP contribution in [-0.2, 0) is 0 Å². The average molecular weight is 874 g/mol. The minimum Gasteiger partial charge on any atom is -0.309 e. The molecule has 1 aliphatic rings. The molecular formula is C63H47N5. The number of fused-ring (bicyclic) bond motifs is 7. The second-order valence-corrected chi connectivity index (χ2v) is 17.8. The van der Waals surface area contributed by atoms with Gasteiger partial charge in [-0.3, -0.25) is 16.0 Å². The van der Waals surface area contributed by atoms with Gasteiger partial charge in [-0.1, -0.05) is 218 Å². The van der Waals surface area contributed by atoms with Crippen molar-refractivity contribution in [2.24, 2.45) is 0 Å². The van der Waals surface area contributed by atoms with Crippen molar-refractivity contribution in [1.29, 1.82) is 0 Å². The molecule has 5 nitrogen and oxygen atoms in total. The Kier molecular flexibility index (Phi) is 9.90. The van der Waals surface area contributed by atoms with Gasteiger partial charge in [-0.25, -0.2) is 0 Å². The van der Waals surface area contributed by atoms with Crippen LogP contribution in [0, 0.1) is 0 Å².